The van der Waals surface area contributed by atoms with Crippen LogP contribution >= 0.6 is 12.2 Å². The molecule has 3 N–H and O–H groups in total. The standard InChI is InChI=1S/C13H16FN3O2S/c1-9(2)7-15-13(20)17-16-12(18)8-19-11-5-3-10(14)4-6-11/h3-6H,1,7-8H2,2H3,(H,16,18)(H2,15,17,20). The highest BCUT2D eigenvalue weighted by Crippen LogP contribution is 2.10. The summed E-state index contributed by atoms with van der Waals surface area (Å²) >= 11 is 4.92. The van der Waals surface area contributed by atoms with Gasteiger partial charge in [0.1, 0.15) is 11.6 Å². The average molecular weight is 297 g/mol. The van der Waals surface area contributed by atoms with Crippen LogP contribution in [0.4, 0.5) is 4.39 Å². The molecule has 1 rings (SSSR count). The van der Waals surface area contributed by atoms with Crippen molar-refractivity contribution in [3.63, 3.8) is 0 Å². The number of nitrogens with one attached hydrogen (secondary N) is 3. The molecule has 1 aromatic rings. The molecule has 7 heteroatoms. The predicted molar refractivity (Wildman–Crippen MR) is 78.6 cm³/mol. The van der Waals surface area contributed by atoms with Crippen LogP contribution in [0.3, 0.4) is 0 Å². The Morgan fingerprint density at radius 2 is 2.00 bits per heavy atom. The maximum Gasteiger partial charge on any atom is 0.276 e. The Balaban J connectivity index is 2.21. The molecule has 108 valence electrons. The van der Waals surface area contributed by atoms with Crippen LogP contribution in [-0.2, 0) is 4.79 Å². The van der Waals surface area contributed by atoms with Gasteiger partial charge in [-0.3, -0.25) is 15.6 Å². The van der Waals surface area contributed by atoms with Crippen molar-refractivity contribution in [3.05, 3.63) is 42.2 Å². The number of amides is 1. The molecule has 0 fully saturated rings. The van der Waals surface area contributed by atoms with Crippen LogP contribution in [0.15, 0.2) is 36.4 Å². The highest BCUT2D eigenvalue weighted by Gasteiger charge is 2.03. The van der Waals surface area contributed by atoms with Gasteiger partial charge in [-0.25, -0.2) is 4.39 Å². The first-order valence-electron chi connectivity index (χ1n) is 5.83. The van der Waals surface area contributed by atoms with E-state index in [9.17, 15) is 9.18 Å². The number of hydrogen-bond acceptors (Lipinski definition) is 3. The van der Waals surface area contributed by atoms with Crippen LogP contribution in [0.5, 0.6) is 5.75 Å². The van der Waals surface area contributed by atoms with Gasteiger partial charge in [0, 0.05) is 6.54 Å². The first kappa shape index (κ1) is 15.9. The molecule has 0 unspecified atom stereocenters. The van der Waals surface area contributed by atoms with Crippen LogP contribution in [0, 0.1) is 5.82 Å². The van der Waals surface area contributed by atoms with Gasteiger partial charge in [-0.15, -0.1) is 0 Å². The number of halogens is 1. The molecule has 0 atom stereocenters. The molecule has 0 radical (unpaired) electrons. The van der Waals surface area contributed by atoms with E-state index in [1.54, 1.807) is 0 Å². The summed E-state index contributed by atoms with van der Waals surface area (Å²) in [6.45, 7) is 5.87. The van der Waals surface area contributed by atoms with Crippen molar-refractivity contribution in [2.45, 2.75) is 6.92 Å². The molecule has 1 aromatic carbocycles. The molecule has 0 aliphatic rings. The number of benzene rings is 1. The summed E-state index contributed by atoms with van der Waals surface area (Å²) in [5.41, 5.74) is 5.81. The first-order chi connectivity index (χ1) is 9.47. The monoisotopic (exact) mass is 297 g/mol. The number of carbonyl (C=O) groups is 1. The fraction of sp³-hybridized carbons (Fsp3) is 0.231. The fourth-order valence-corrected chi connectivity index (χ4v) is 1.24. The summed E-state index contributed by atoms with van der Waals surface area (Å²) in [7, 11) is 0. The van der Waals surface area contributed by atoms with Gasteiger partial charge in [0.25, 0.3) is 5.91 Å². The van der Waals surface area contributed by atoms with E-state index in [0.717, 1.165) is 5.57 Å². The molecule has 0 bridgehead atoms. The third-order valence-corrected chi connectivity index (χ3v) is 2.30. The van der Waals surface area contributed by atoms with Gasteiger partial charge in [0.15, 0.2) is 11.7 Å². The Morgan fingerprint density at radius 3 is 2.60 bits per heavy atom. The lowest BCUT2D eigenvalue weighted by atomic mass is 10.3. The lowest BCUT2D eigenvalue weighted by Crippen LogP contribution is -2.48. The second-order valence-corrected chi connectivity index (χ2v) is 4.46. The summed E-state index contributed by atoms with van der Waals surface area (Å²) in [6.07, 6.45) is 0. The molecular weight excluding hydrogens is 281 g/mol. The van der Waals surface area contributed by atoms with Crippen molar-refractivity contribution in [3.8, 4) is 5.75 Å². The Kier molecular flexibility index (Phi) is 6.45. The minimum Gasteiger partial charge on any atom is -0.484 e. The maximum atomic E-state index is 12.7. The van der Waals surface area contributed by atoms with Crippen molar-refractivity contribution in [1.82, 2.24) is 16.2 Å². The van der Waals surface area contributed by atoms with E-state index in [0.29, 0.717) is 12.3 Å². The Morgan fingerprint density at radius 1 is 1.35 bits per heavy atom. The largest absolute Gasteiger partial charge is 0.484 e. The minimum absolute atomic E-state index is 0.207. The summed E-state index contributed by atoms with van der Waals surface area (Å²) < 4.78 is 17.8. The van der Waals surface area contributed by atoms with E-state index in [1.807, 2.05) is 6.92 Å². The predicted octanol–water partition coefficient (Wildman–Crippen LogP) is 1.28. The van der Waals surface area contributed by atoms with Crippen LogP contribution in [0.1, 0.15) is 6.92 Å². The summed E-state index contributed by atoms with van der Waals surface area (Å²) in [4.78, 5) is 11.4. The second-order valence-electron chi connectivity index (χ2n) is 4.06. The van der Waals surface area contributed by atoms with E-state index in [-0.39, 0.29) is 17.5 Å². The van der Waals surface area contributed by atoms with Gasteiger partial charge in [-0.1, -0.05) is 12.2 Å². The van der Waals surface area contributed by atoms with Gasteiger partial charge < -0.3 is 10.1 Å². The van der Waals surface area contributed by atoms with Crippen molar-refractivity contribution >= 4 is 23.2 Å². The maximum absolute atomic E-state index is 12.7. The zero-order chi connectivity index (χ0) is 15.0. The minimum atomic E-state index is -0.409. The van der Waals surface area contributed by atoms with Crippen molar-refractivity contribution in [2.75, 3.05) is 13.2 Å². The molecular formula is C13H16FN3O2S. The zero-order valence-corrected chi connectivity index (χ0v) is 11.8. The van der Waals surface area contributed by atoms with E-state index in [2.05, 4.69) is 22.7 Å². The smallest absolute Gasteiger partial charge is 0.276 e. The van der Waals surface area contributed by atoms with Crippen LogP contribution in [0.2, 0.25) is 0 Å². The number of thiocarbonyl (C=S) groups is 1. The fourth-order valence-electron chi connectivity index (χ4n) is 1.12. The highest BCUT2D eigenvalue weighted by molar-refractivity contribution is 7.80. The van der Waals surface area contributed by atoms with Gasteiger partial charge in [-0.2, -0.15) is 0 Å². The Bertz CT molecular complexity index is 491. The molecule has 0 aromatic heterocycles. The molecule has 1 amide bonds. The third-order valence-electron chi connectivity index (χ3n) is 2.05. The van der Waals surface area contributed by atoms with Gasteiger partial charge in [0.05, 0.1) is 0 Å². The molecule has 20 heavy (non-hydrogen) atoms. The summed E-state index contributed by atoms with van der Waals surface area (Å²) in [5, 5.41) is 3.12. The lowest BCUT2D eigenvalue weighted by Gasteiger charge is -2.11. The van der Waals surface area contributed by atoms with Crippen LogP contribution in [-0.4, -0.2) is 24.2 Å². The molecule has 5 nitrogen and oxygen atoms in total. The molecule has 0 aliphatic carbocycles. The second kappa shape index (κ2) is 8.11. The van der Waals surface area contributed by atoms with Crippen molar-refractivity contribution in [1.29, 1.82) is 0 Å². The first-order valence-corrected chi connectivity index (χ1v) is 6.23. The van der Waals surface area contributed by atoms with Crippen LogP contribution in [0.25, 0.3) is 0 Å². The number of rotatable bonds is 5. The number of hydrogen-bond donors (Lipinski definition) is 3. The van der Waals surface area contributed by atoms with E-state index in [1.165, 1.54) is 24.3 Å². The van der Waals surface area contributed by atoms with E-state index >= 15 is 0 Å². The van der Waals surface area contributed by atoms with Gasteiger partial charge >= 0.3 is 0 Å². The van der Waals surface area contributed by atoms with E-state index in [4.69, 9.17) is 17.0 Å². The number of ether oxygens (including phenoxy) is 1. The average Bonchev–Trinajstić information content (AvgIpc) is 2.42. The Labute approximate surface area is 122 Å². The van der Waals surface area contributed by atoms with Crippen molar-refractivity contribution < 1.29 is 13.9 Å². The Hall–Kier alpha value is -2.15. The lowest BCUT2D eigenvalue weighted by molar-refractivity contribution is -0.123. The molecule has 0 aliphatic heterocycles. The number of hydrazine groups is 1. The summed E-state index contributed by atoms with van der Waals surface area (Å²) in [6, 6.07) is 5.38. The SMILES string of the molecule is C=C(C)CNC(=S)NNC(=O)COc1ccc(F)cc1. The molecule has 0 heterocycles. The van der Waals surface area contributed by atoms with Crippen molar-refractivity contribution in [2.24, 2.45) is 0 Å². The van der Waals surface area contributed by atoms with Gasteiger partial charge in [-0.05, 0) is 43.4 Å². The molecule has 0 saturated heterocycles. The topological polar surface area (TPSA) is 62.4 Å². The zero-order valence-electron chi connectivity index (χ0n) is 11.0. The third kappa shape index (κ3) is 6.69. The molecule has 0 spiro atoms. The highest BCUT2D eigenvalue weighted by atomic mass is 32.1. The van der Waals surface area contributed by atoms with Gasteiger partial charge in [0.2, 0.25) is 0 Å². The quantitative estimate of drug-likeness (QED) is 0.434. The van der Waals surface area contributed by atoms with E-state index < -0.39 is 5.91 Å². The molecule has 0 saturated carbocycles. The van der Waals surface area contributed by atoms with Crippen LogP contribution < -0.4 is 20.9 Å². The number of carbonyl (C=O) groups excluding carboxylic acids is 1. The normalized spacial score (nSPS) is 9.50. The summed E-state index contributed by atoms with van der Waals surface area (Å²) in [5.74, 6) is -0.365.